The van der Waals surface area contributed by atoms with Gasteiger partial charge in [-0.1, -0.05) is 13.8 Å². The standard InChI is InChI=1S/C11H14F3N5/c1-5(2)9(11(12,13)14)18-7-3-6(15)8-10(19-7)17-4-16-8/h3-5,9H,1-2H3,(H4,15,16,17,18,19). The summed E-state index contributed by atoms with van der Waals surface area (Å²) in [5.74, 6) is -0.0928. The predicted molar refractivity (Wildman–Crippen MR) is 65.7 cm³/mol. The first-order valence-electron chi connectivity index (χ1n) is 5.71. The number of alkyl halides is 3. The van der Waals surface area contributed by atoms with Crippen molar-refractivity contribution in [2.45, 2.75) is 26.1 Å². The minimum absolute atomic E-state index is 0.168. The zero-order valence-electron chi connectivity index (χ0n) is 10.4. The van der Waals surface area contributed by atoms with Crippen molar-refractivity contribution < 1.29 is 13.2 Å². The molecule has 0 aliphatic carbocycles. The largest absolute Gasteiger partial charge is 0.408 e. The second-order valence-electron chi connectivity index (χ2n) is 4.62. The van der Waals surface area contributed by atoms with Crippen LogP contribution >= 0.6 is 0 Å². The van der Waals surface area contributed by atoms with Gasteiger partial charge in [0.1, 0.15) is 23.9 Å². The number of nitrogens with one attached hydrogen (secondary N) is 2. The number of imidazole rings is 1. The van der Waals surface area contributed by atoms with Gasteiger partial charge in [0.2, 0.25) is 0 Å². The van der Waals surface area contributed by atoms with E-state index in [1.54, 1.807) is 0 Å². The van der Waals surface area contributed by atoms with Crippen LogP contribution in [-0.2, 0) is 0 Å². The van der Waals surface area contributed by atoms with E-state index in [-0.39, 0.29) is 11.5 Å². The molecule has 4 N–H and O–H groups in total. The molecule has 8 heteroatoms. The number of fused-ring (bicyclic) bond motifs is 1. The number of nitrogen functional groups attached to an aromatic ring is 1. The summed E-state index contributed by atoms with van der Waals surface area (Å²) in [6.45, 7) is 2.99. The van der Waals surface area contributed by atoms with Gasteiger partial charge < -0.3 is 16.0 Å². The van der Waals surface area contributed by atoms with Crippen molar-refractivity contribution in [1.29, 1.82) is 0 Å². The van der Waals surface area contributed by atoms with Crippen LogP contribution in [0.2, 0.25) is 0 Å². The van der Waals surface area contributed by atoms with Gasteiger partial charge in [-0.25, -0.2) is 9.97 Å². The minimum Gasteiger partial charge on any atom is -0.397 e. The number of nitrogens with zero attached hydrogens (tertiary/aromatic N) is 2. The second-order valence-corrected chi connectivity index (χ2v) is 4.62. The van der Waals surface area contributed by atoms with Crippen LogP contribution in [0.4, 0.5) is 24.7 Å². The maximum Gasteiger partial charge on any atom is 0.408 e. The lowest BCUT2D eigenvalue weighted by atomic mass is 10.0. The summed E-state index contributed by atoms with van der Waals surface area (Å²) < 4.78 is 38.6. The van der Waals surface area contributed by atoms with E-state index in [1.807, 2.05) is 0 Å². The first-order valence-corrected chi connectivity index (χ1v) is 5.71. The third-order valence-corrected chi connectivity index (χ3v) is 2.75. The van der Waals surface area contributed by atoms with E-state index >= 15 is 0 Å². The van der Waals surface area contributed by atoms with Crippen molar-refractivity contribution in [2.75, 3.05) is 11.1 Å². The molecule has 0 amide bonds. The molecule has 0 aromatic carbocycles. The van der Waals surface area contributed by atoms with E-state index in [2.05, 4.69) is 20.3 Å². The highest BCUT2D eigenvalue weighted by Crippen LogP contribution is 2.30. The monoisotopic (exact) mass is 273 g/mol. The van der Waals surface area contributed by atoms with Gasteiger partial charge in [-0.05, 0) is 5.92 Å². The van der Waals surface area contributed by atoms with Crippen LogP contribution in [0.5, 0.6) is 0 Å². The molecule has 0 aromatic rings. The summed E-state index contributed by atoms with van der Waals surface area (Å²) in [4.78, 5) is 10.5. The molecule has 2 aliphatic heterocycles. The predicted octanol–water partition coefficient (Wildman–Crippen LogP) is 2.49. The molecule has 1 unspecified atom stereocenters. The van der Waals surface area contributed by atoms with Gasteiger partial charge in [0.25, 0.3) is 0 Å². The number of pyridine rings is 1. The van der Waals surface area contributed by atoms with E-state index in [9.17, 15) is 13.2 Å². The van der Waals surface area contributed by atoms with Gasteiger partial charge in [-0.3, -0.25) is 0 Å². The molecule has 0 fully saturated rings. The van der Waals surface area contributed by atoms with Gasteiger partial charge in [-0.2, -0.15) is 13.2 Å². The first kappa shape index (κ1) is 13.4. The topological polar surface area (TPSA) is 79.6 Å². The maximum atomic E-state index is 12.9. The smallest absolute Gasteiger partial charge is 0.397 e. The summed E-state index contributed by atoms with van der Waals surface area (Å²) in [5, 5.41) is 2.41. The van der Waals surface area contributed by atoms with E-state index in [0.717, 1.165) is 0 Å². The lowest BCUT2D eigenvalue weighted by molar-refractivity contribution is -0.150. The molecule has 19 heavy (non-hydrogen) atoms. The van der Waals surface area contributed by atoms with Crippen molar-refractivity contribution >= 4 is 11.5 Å². The van der Waals surface area contributed by atoms with Crippen LogP contribution in [0.3, 0.4) is 0 Å². The fraction of sp³-hybridized carbons (Fsp3) is 0.455. The Bertz CT molecular complexity index is 534. The molecule has 2 rings (SSSR count). The molecule has 5 nitrogen and oxygen atoms in total. The number of H-pyrrole nitrogens is 1. The van der Waals surface area contributed by atoms with Crippen LogP contribution in [0.1, 0.15) is 13.8 Å². The number of anilines is 2. The van der Waals surface area contributed by atoms with Crippen LogP contribution in [0.15, 0.2) is 12.4 Å². The van der Waals surface area contributed by atoms with Crippen LogP contribution in [0.25, 0.3) is 11.5 Å². The molecular weight excluding hydrogens is 259 g/mol. The molecule has 0 radical (unpaired) electrons. The van der Waals surface area contributed by atoms with E-state index < -0.39 is 18.1 Å². The van der Waals surface area contributed by atoms with Crippen molar-refractivity contribution in [3.63, 3.8) is 0 Å². The number of hydrogen-bond donors (Lipinski definition) is 3. The van der Waals surface area contributed by atoms with Crippen molar-refractivity contribution in [3.05, 3.63) is 12.4 Å². The lowest BCUT2D eigenvalue weighted by Crippen LogP contribution is -2.40. The quantitative estimate of drug-likeness (QED) is 0.802. The Labute approximate surface area is 107 Å². The fourth-order valence-corrected chi connectivity index (χ4v) is 1.83. The van der Waals surface area contributed by atoms with E-state index in [1.165, 1.54) is 26.2 Å². The Morgan fingerprint density at radius 1 is 1.32 bits per heavy atom. The Morgan fingerprint density at radius 2 is 2.00 bits per heavy atom. The number of hydrogen-bond acceptors (Lipinski definition) is 4. The molecular formula is C11H14F3N5. The van der Waals surface area contributed by atoms with Crippen molar-refractivity contribution in [2.24, 2.45) is 5.92 Å². The zero-order valence-corrected chi connectivity index (χ0v) is 10.4. The van der Waals surface area contributed by atoms with Gasteiger partial charge in [0, 0.05) is 6.07 Å². The zero-order chi connectivity index (χ0) is 14.2. The van der Waals surface area contributed by atoms with Gasteiger partial charge in [0.05, 0.1) is 5.69 Å². The second kappa shape index (κ2) is 4.60. The normalized spacial score (nSPS) is 14.0. The minimum atomic E-state index is -4.34. The van der Waals surface area contributed by atoms with Crippen molar-refractivity contribution in [1.82, 2.24) is 15.0 Å². The molecule has 2 heterocycles. The molecule has 1 atom stereocenters. The van der Waals surface area contributed by atoms with E-state index in [0.29, 0.717) is 11.5 Å². The maximum absolute atomic E-state index is 12.9. The first-order chi connectivity index (χ1) is 8.79. The number of aromatic nitrogens is 3. The molecule has 0 bridgehead atoms. The highest BCUT2D eigenvalue weighted by Gasteiger charge is 2.41. The average Bonchev–Trinajstić information content (AvgIpc) is 2.72. The molecule has 2 aliphatic rings. The number of halogens is 3. The van der Waals surface area contributed by atoms with Gasteiger partial charge in [-0.15, -0.1) is 0 Å². The third kappa shape index (κ3) is 2.72. The number of aromatic amines is 1. The summed E-state index contributed by atoms with van der Waals surface area (Å²) in [6, 6.07) is -0.276. The SMILES string of the molecule is CC(C)C(Nc1cc(N)c2ncnc-2[nH]1)C(F)(F)F. The van der Waals surface area contributed by atoms with Crippen molar-refractivity contribution in [3.8, 4) is 11.5 Å². The van der Waals surface area contributed by atoms with Crippen LogP contribution in [0, 0.1) is 5.92 Å². The van der Waals surface area contributed by atoms with Gasteiger partial charge >= 0.3 is 6.18 Å². The number of rotatable bonds is 3. The molecule has 104 valence electrons. The average molecular weight is 273 g/mol. The Balaban J connectivity index is 2.32. The molecule has 0 spiro atoms. The Morgan fingerprint density at radius 3 is 2.58 bits per heavy atom. The highest BCUT2D eigenvalue weighted by atomic mass is 19.4. The summed E-state index contributed by atoms with van der Waals surface area (Å²) in [6.07, 6.45) is -3.05. The van der Waals surface area contributed by atoms with Crippen LogP contribution < -0.4 is 11.1 Å². The third-order valence-electron chi connectivity index (χ3n) is 2.75. The molecule has 0 saturated carbocycles. The molecule has 0 aromatic heterocycles. The Hall–Kier alpha value is -1.99. The summed E-state index contributed by atoms with van der Waals surface area (Å²) in [7, 11) is 0. The summed E-state index contributed by atoms with van der Waals surface area (Å²) in [5.41, 5.74) is 6.44. The molecule has 0 saturated heterocycles. The Kier molecular flexibility index (Phi) is 3.25. The van der Waals surface area contributed by atoms with Gasteiger partial charge in [0.15, 0.2) is 5.82 Å². The van der Waals surface area contributed by atoms with Crippen LogP contribution in [-0.4, -0.2) is 27.2 Å². The lowest BCUT2D eigenvalue weighted by Gasteiger charge is -2.26. The van der Waals surface area contributed by atoms with E-state index in [4.69, 9.17) is 5.73 Å². The number of nitrogens with two attached hydrogens (primary N) is 1. The highest BCUT2D eigenvalue weighted by molar-refractivity contribution is 5.72. The summed E-state index contributed by atoms with van der Waals surface area (Å²) >= 11 is 0. The fourth-order valence-electron chi connectivity index (χ4n) is 1.83.